The van der Waals surface area contributed by atoms with Gasteiger partial charge in [0.1, 0.15) is 0 Å². The van der Waals surface area contributed by atoms with Gasteiger partial charge in [0.15, 0.2) is 11.5 Å². The smallest absolute Gasteiger partial charge is 0.220 e. The van der Waals surface area contributed by atoms with Crippen LogP contribution in [-0.2, 0) is 0 Å². The molecule has 2 rings (SSSR count). The maximum atomic E-state index is 5.54. The molecule has 1 aromatic carbocycles. The minimum atomic E-state index is 0.247. The summed E-state index contributed by atoms with van der Waals surface area (Å²) in [4.78, 5) is 8.00. The van der Waals surface area contributed by atoms with Crippen molar-refractivity contribution in [1.29, 1.82) is 0 Å². The third-order valence-electron chi connectivity index (χ3n) is 2.35. The number of benzene rings is 1. The molecule has 0 radical (unpaired) electrons. The van der Waals surface area contributed by atoms with Gasteiger partial charge in [-0.05, 0) is 24.3 Å². The molecular formula is C12H13N3O2. The van der Waals surface area contributed by atoms with E-state index in [1.54, 1.807) is 26.5 Å². The molecule has 0 fully saturated rings. The molecule has 0 aliphatic heterocycles. The summed E-state index contributed by atoms with van der Waals surface area (Å²) in [6.07, 6.45) is 1.62. The van der Waals surface area contributed by atoms with Crippen LogP contribution in [0.3, 0.4) is 0 Å². The number of nitrogens with zero attached hydrogens (tertiary/aromatic N) is 2. The Hall–Kier alpha value is -2.30. The van der Waals surface area contributed by atoms with Gasteiger partial charge in [-0.2, -0.15) is 0 Å². The average molecular weight is 231 g/mol. The van der Waals surface area contributed by atoms with Gasteiger partial charge < -0.3 is 15.2 Å². The van der Waals surface area contributed by atoms with Crippen LogP contribution in [0.2, 0.25) is 0 Å². The van der Waals surface area contributed by atoms with E-state index >= 15 is 0 Å². The fraction of sp³-hybridized carbons (Fsp3) is 0.167. The van der Waals surface area contributed by atoms with Crippen molar-refractivity contribution in [3.8, 4) is 22.8 Å². The second-order valence-electron chi connectivity index (χ2n) is 3.37. The number of hydrogen-bond acceptors (Lipinski definition) is 5. The molecule has 0 unspecified atom stereocenters. The van der Waals surface area contributed by atoms with E-state index in [-0.39, 0.29) is 5.95 Å². The predicted molar refractivity (Wildman–Crippen MR) is 65.0 cm³/mol. The lowest BCUT2D eigenvalue weighted by molar-refractivity contribution is 0.355. The van der Waals surface area contributed by atoms with Gasteiger partial charge in [-0.1, -0.05) is 0 Å². The average Bonchev–Trinajstić information content (AvgIpc) is 2.38. The molecule has 0 aliphatic rings. The number of methoxy groups -OCH3 is 2. The Balaban J connectivity index is 2.46. The minimum Gasteiger partial charge on any atom is -0.493 e. The van der Waals surface area contributed by atoms with Crippen LogP contribution in [0.15, 0.2) is 30.5 Å². The Kier molecular flexibility index (Phi) is 3.09. The zero-order valence-corrected chi connectivity index (χ0v) is 9.68. The Labute approximate surface area is 99.2 Å². The second kappa shape index (κ2) is 4.69. The SMILES string of the molecule is COc1ccc(-c2ccnc(N)n2)cc1OC. The van der Waals surface area contributed by atoms with Crippen molar-refractivity contribution < 1.29 is 9.47 Å². The first-order valence-electron chi connectivity index (χ1n) is 5.05. The van der Waals surface area contributed by atoms with Gasteiger partial charge in [-0.15, -0.1) is 0 Å². The van der Waals surface area contributed by atoms with E-state index in [4.69, 9.17) is 15.2 Å². The zero-order valence-electron chi connectivity index (χ0n) is 9.68. The van der Waals surface area contributed by atoms with Gasteiger partial charge in [-0.3, -0.25) is 0 Å². The van der Waals surface area contributed by atoms with Crippen LogP contribution in [0, 0.1) is 0 Å². The fourth-order valence-electron chi connectivity index (χ4n) is 1.53. The normalized spacial score (nSPS) is 10.0. The monoisotopic (exact) mass is 231 g/mol. The first-order chi connectivity index (χ1) is 8.24. The zero-order chi connectivity index (χ0) is 12.3. The lowest BCUT2D eigenvalue weighted by Gasteiger charge is -2.09. The third-order valence-corrected chi connectivity index (χ3v) is 2.35. The minimum absolute atomic E-state index is 0.247. The fourth-order valence-corrected chi connectivity index (χ4v) is 1.53. The van der Waals surface area contributed by atoms with Crippen LogP contribution in [0.1, 0.15) is 0 Å². The van der Waals surface area contributed by atoms with E-state index in [1.807, 2.05) is 18.2 Å². The van der Waals surface area contributed by atoms with Gasteiger partial charge in [-0.25, -0.2) is 9.97 Å². The van der Waals surface area contributed by atoms with Crippen molar-refractivity contribution in [3.05, 3.63) is 30.5 Å². The van der Waals surface area contributed by atoms with Gasteiger partial charge in [0.2, 0.25) is 5.95 Å². The molecule has 0 amide bonds. The standard InChI is InChI=1S/C12H13N3O2/c1-16-10-4-3-8(7-11(10)17-2)9-5-6-14-12(13)15-9/h3-7H,1-2H3,(H2,13,14,15). The van der Waals surface area contributed by atoms with Crippen molar-refractivity contribution in [1.82, 2.24) is 9.97 Å². The number of nitrogens with two attached hydrogens (primary N) is 1. The van der Waals surface area contributed by atoms with Crippen LogP contribution < -0.4 is 15.2 Å². The van der Waals surface area contributed by atoms with E-state index in [1.165, 1.54) is 0 Å². The molecule has 0 bridgehead atoms. The van der Waals surface area contributed by atoms with Gasteiger partial charge in [0.25, 0.3) is 0 Å². The highest BCUT2D eigenvalue weighted by Crippen LogP contribution is 2.31. The van der Waals surface area contributed by atoms with Crippen LogP contribution >= 0.6 is 0 Å². The van der Waals surface area contributed by atoms with Crippen molar-refractivity contribution in [2.24, 2.45) is 0 Å². The van der Waals surface area contributed by atoms with Crippen LogP contribution in [0.5, 0.6) is 11.5 Å². The highest BCUT2D eigenvalue weighted by atomic mass is 16.5. The first-order valence-corrected chi connectivity index (χ1v) is 5.05. The molecule has 1 aromatic heterocycles. The van der Waals surface area contributed by atoms with E-state index in [9.17, 15) is 0 Å². The number of anilines is 1. The van der Waals surface area contributed by atoms with Gasteiger partial charge in [0.05, 0.1) is 19.9 Å². The summed E-state index contributed by atoms with van der Waals surface area (Å²) in [6.45, 7) is 0. The molecule has 88 valence electrons. The van der Waals surface area contributed by atoms with E-state index in [0.717, 1.165) is 11.3 Å². The Bertz CT molecular complexity index is 529. The molecule has 2 N–H and O–H groups in total. The molecule has 5 heteroatoms. The molecule has 5 nitrogen and oxygen atoms in total. The molecule has 2 aromatic rings. The largest absolute Gasteiger partial charge is 0.493 e. The first kappa shape index (κ1) is 11.2. The summed E-state index contributed by atoms with van der Waals surface area (Å²) in [5.74, 6) is 1.58. The van der Waals surface area contributed by atoms with Crippen LogP contribution in [0.25, 0.3) is 11.3 Å². The van der Waals surface area contributed by atoms with Crippen molar-refractivity contribution in [2.75, 3.05) is 20.0 Å². The van der Waals surface area contributed by atoms with Crippen molar-refractivity contribution in [3.63, 3.8) is 0 Å². The number of rotatable bonds is 3. The van der Waals surface area contributed by atoms with Gasteiger partial charge in [0, 0.05) is 11.8 Å². The molecule has 0 atom stereocenters. The summed E-state index contributed by atoms with van der Waals surface area (Å²) >= 11 is 0. The number of hydrogen-bond donors (Lipinski definition) is 1. The van der Waals surface area contributed by atoms with Crippen LogP contribution in [0.4, 0.5) is 5.95 Å². The summed E-state index contributed by atoms with van der Waals surface area (Å²) in [7, 11) is 3.19. The molecule has 0 aliphatic carbocycles. The maximum absolute atomic E-state index is 5.54. The Morgan fingerprint density at radius 3 is 2.47 bits per heavy atom. The van der Waals surface area contributed by atoms with Crippen molar-refractivity contribution in [2.45, 2.75) is 0 Å². The quantitative estimate of drug-likeness (QED) is 0.871. The summed E-state index contributed by atoms with van der Waals surface area (Å²) in [5, 5.41) is 0. The van der Waals surface area contributed by atoms with Crippen molar-refractivity contribution >= 4 is 5.95 Å². The van der Waals surface area contributed by atoms with Crippen LogP contribution in [-0.4, -0.2) is 24.2 Å². The van der Waals surface area contributed by atoms with Gasteiger partial charge >= 0.3 is 0 Å². The molecule has 17 heavy (non-hydrogen) atoms. The highest BCUT2D eigenvalue weighted by Gasteiger charge is 2.07. The third kappa shape index (κ3) is 2.28. The predicted octanol–water partition coefficient (Wildman–Crippen LogP) is 1.74. The Morgan fingerprint density at radius 1 is 1.06 bits per heavy atom. The molecule has 1 heterocycles. The highest BCUT2D eigenvalue weighted by molar-refractivity contribution is 5.64. The summed E-state index contributed by atoms with van der Waals surface area (Å²) in [5.41, 5.74) is 7.19. The summed E-state index contributed by atoms with van der Waals surface area (Å²) < 4.78 is 10.4. The number of ether oxygens (including phenoxy) is 2. The van der Waals surface area contributed by atoms with E-state index in [2.05, 4.69) is 9.97 Å². The number of nitrogen functional groups attached to an aromatic ring is 1. The maximum Gasteiger partial charge on any atom is 0.220 e. The molecule has 0 saturated carbocycles. The van der Waals surface area contributed by atoms with E-state index in [0.29, 0.717) is 11.5 Å². The van der Waals surface area contributed by atoms with E-state index < -0.39 is 0 Å². The lowest BCUT2D eigenvalue weighted by atomic mass is 10.1. The topological polar surface area (TPSA) is 70.3 Å². The lowest BCUT2D eigenvalue weighted by Crippen LogP contribution is -1.96. The second-order valence-corrected chi connectivity index (χ2v) is 3.37. The summed E-state index contributed by atoms with van der Waals surface area (Å²) in [6, 6.07) is 7.35. The Morgan fingerprint density at radius 2 is 1.82 bits per heavy atom. The molecular weight excluding hydrogens is 218 g/mol. The molecule has 0 saturated heterocycles. The molecule has 0 spiro atoms. The number of aromatic nitrogens is 2.